The van der Waals surface area contributed by atoms with Crippen molar-refractivity contribution in [1.82, 2.24) is 5.32 Å². The molecule has 1 fully saturated rings. The van der Waals surface area contributed by atoms with Crippen LogP contribution in [0.1, 0.15) is 31.4 Å². The minimum absolute atomic E-state index is 0.267. The van der Waals surface area contributed by atoms with Crippen LogP contribution in [0.5, 0.6) is 0 Å². The predicted molar refractivity (Wildman–Crippen MR) is 79.4 cm³/mol. The summed E-state index contributed by atoms with van der Waals surface area (Å²) in [5, 5.41) is 3.31. The van der Waals surface area contributed by atoms with Gasteiger partial charge in [-0.25, -0.2) is 0 Å². The number of nitrogens with zero attached hydrogens (tertiary/aromatic N) is 1. The molecule has 2 heteroatoms. The molecule has 2 nitrogen and oxygen atoms in total. The summed E-state index contributed by atoms with van der Waals surface area (Å²) in [5.41, 5.74) is 4.41. The average Bonchev–Trinajstić information content (AvgIpc) is 2.58. The van der Waals surface area contributed by atoms with Gasteiger partial charge in [0, 0.05) is 17.8 Å². The quantitative estimate of drug-likeness (QED) is 0.881. The number of rotatable bonds is 3. The van der Waals surface area contributed by atoms with Crippen molar-refractivity contribution in [1.29, 1.82) is 0 Å². The van der Waals surface area contributed by atoms with Gasteiger partial charge in [-0.05, 0) is 76.9 Å². The fourth-order valence-electron chi connectivity index (χ4n) is 3.16. The molecule has 0 radical (unpaired) electrons. The maximum Gasteiger partial charge on any atom is 0.0373 e. The van der Waals surface area contributed by atoms with Crippen molar-refractivity contribution in [3.63, 3.8) is 0 Å². The van der Waals surface area contributed by atoms with Crippen LogP contribution in [0.25, 0.3) is 0 Å². The summed E-state index contributed by atoms with van der Waals surface area (Å²) >= 11 is 0. The highest BCUT2D eigenvalue weighted by Crippen LogP contribution is 2.37. The predicted octanol–water partition coefficient (Wildman–Crippen LogP) is 3.13. The van der Waals surface area contributed by atoms with Crippen LogP contribution in [0.15, 0.2) is 18.2 Å². The zero-order valence-electron chi connectivity index (χ0n) is 12.4. The van der Waals surface area contributed by atoms with Gasteiger partial charge in [0.1, 0.15) is 0 Å². The highest BCUT2D eigenvalue weighted by atomic mass is 15.2. The Kier molecular flexibility index (Phi) is 3.67. The van der Waals surface area contributed by atoms with E-state index in [2.05, 4.69) is 56.1 Å². The molecule has 100 valence electrons. The first-order valence-corrected chi connectivity index (χ1v) is 6.93. The molecule has 1 heterocycles. The number of nitrogens with one attached hydrogen (secondary N) is 1. The molecule has 1 aromatic carbocycles. The topological polar surface area (TPSA) is 15.3 Å². The summed E-state index contributed by atoms with van der Waals surface area (Å²) < 4.78 is 0. The molecular formula is C16H26N2. The molecule has 18 heavy (non-hydrogen) atoms. The van der Waals surface area contributed by atoms with E-state index >= 15 is 0 Å². The second-order valence-corrected chi connectivity index (χ2v) is 6.32. The van der Waals surface area contributed by atoms with E-state index in [1.54, 1.807) is 0 Å². The van der Waals surface area contributed by atoms with E-state index < -0.39 is 0 Å². The Balaban J connectivity index is 2.24. The maximum absolute atomic E-state index is 3.31. The van der Waals surface area contributed by atoms with Gasteiger partial charge in [-0.3, -0.25) is 0 Å². The second-order valence-electron chi connectivity index (χ2n) is 6.32. The van der Waals surface area contributed by atoms with Crippen LogP contribution in [-0.4, -0.2) is 25.7 Å². The van der Waals surface area contributed by atoms with Crippen molar-refractivity contribution in [2.45, 2.75) is 39.7 Å². The Bertz CT molecular complexity index is 423. The van der Waals surface area contributed by atoms with Gasteiger partial charge in [0.25, 0.3) is 0 Å². The molecule has 0 saturated carbocycles. The molecule has 0 aromatic heterocycles. The molecule has 1 unspecified atom stereocenters. The van der Waals surface area contributed by atoms with Gasteiger partial charge in [0.15, 0.2) is 0 Å². The molecule has 1 N–H and O–H groups in total. The monoisotopic (exact) mass is 246 g/mol. The summed E-state index contributed by atoms with van der Waals surface area (Å²) in [6.07, 6.45) is 1.26. The van der Waals surface area contributed by atoms with Gasteiger partial charge in [0.2, 0.25) is 0 Å². The summed E-state index contributed by atoms with van der Waals surface area (Å²) in [7, 11) is 2.05. The van der Waals surface area contributed by atoms with Gasteiger partial charge in [0.05, 0.1) is 0 Å². The molecule has 1 aliphatic rings. The molecule has 0 aliphatic carbocycles. The zero-order valence-corrected chi connectivity index (χ0v) is 12.4. The lowest BCUT2D eigenvalue weighted by molar-refractivity contribution is 0.462. The van der Waals surface area contributed by atoms with Gasteiger partial charge in [-0.1, -0.05) is 6.07 Å². The Morgan fingerprint density at radius 2 is 2.00 bits per heavy atom. The normalized spacial score (nSPS) is 22.5. The third-order valence-electron chi connectivity index (χ3n) is 4.25. The summed E-state index contributed by atoms with van der Waals surface area (Å²) in [4.78, 5) is 2.57. The summed E-state index contributed by atoms with van der Waals surface area (Å²) in [5.74, 6) is 0.756. The van der Waals surface area contributed by atoms with Crippen molar-refractivity contribution in [2.24, 2.45) is 5.92 Å². The molecule has 1 aromatic rings. The first-order chi connectivity index (χ1) is 8.44. The van der Waals surface area contributed by atoms with Crippen LogP contribution in [0, 0.1) is 19.8 Å². The Morgan fingerprint density at radius 3 is 2.61 bits per heavy atom. The van der Waals surface area contributed by atoms with E-state index in [1.165, 1.54) is 23.2 Å². The Labute approximate surface area is 111 Å². The highest BCUT2D eigenvalue weighted by molar-refractivity contribution is 5.53. The molecule has 0 spiro atoms. The molecular weight excluding hydrogens is 220 g/mol. The second kappa shape index (κ2) is 4.93. The smallest absolute Gasteiger partial charge is 0.0373 e. The minimum Gasteiger partial charge on any atom is -0.366 e. The highest BCUT2D eigenvalue weighted by Gasteiger charge is 2.37. The lowest BCUT2D eigenvalue weighted by Crippen LogP contribution is -2.38. The Morgan fingerprint density at radius 1 is 1.28 bits per heavy atom. The third kappa shape index (κ3) is 2.54. The van der Waals surface area contributed by atoms with E-state index in [4.69, 9.17) is 0 Å². The van der Waals surface area contributed by atoms with Crippen LogP contribution >= 0.6 is 0 Å². The lowest BCUT2D eigenvalue weighted by atomic mass is 9.96. The van der Waals surface area contributed by atoms with Gasteiger partial charge >= 0.3 is 0 Å². The van der Waals surface area contributed by atoms with E-state index in [1.807, 2.05) is 7.05 Å². The van der Waals surface area contributed by atoms with Crippen molar-refractivity contribution >= 4 is 5.69 Å². The van der Waals surface area contributed by atoms with E-state index in [0.29, 0.717) is 0 Å². The first kappa shape index (κ1) is 13.4. The summed E-state index contributed by atoms with van der Waals surface area (Å²) in [6, 6.07) is 6.84. The molecule has 1 aliphatic heterocycles. The maximum atomic E-state index is 3.31. The average molecular weight is 246 g/mol. The van der Waals surface area contributed by atoms with Crippen LogP contribution in [0.4, 0.5) is 5.69 Å². The number of hydrogen-bond donors (Lipinski definition) is 1. The zero-order chi connectivity index (χ0) is 13.3. The van der Waals surface area contributed by atoms with E-state index in [-0.39, 0.29) is 5.54 Å². The minimum atomic E-state index is 0.267. The van der Waals surface area contributed by atoms with Crippen LogP contribution in [-0.2, 0) is 0 Å². The van der Waals surface area contributed by atoms with E-state index in [9.17, 15) is 0 Å². The number of anilines is 1. The molecule has 2 rings (SSSR count). The fraction of sp³-hybridized carbons (Fsp3) is 0.625. The lowest BCUT2D eigenvalue weighted by Gasteiger charge is -2.34. The van der Waals surface area contributed by atoms with Crippen molar-refractivity contribution in [2.75, 3.05) is 25.0 Å². The third-order valence-corrected chi connectivity index (χ3v) is 4.25. The number of benzene rings is 1. The van der Waals surface area contributed by atoms with Crippen LogP contribution < -0.4 is 10.2 Å². The van der Waals surface area contributed by atoms with Gasteiger partial charge in [-0.2, -0.15) is 0 Å². The molecule has 1 saturated heterocycles. The standard InChI is InChI=1S/C16H26N2/c1-12-6-7-15(8-13(12)2)18-11-14(10-17-5)9-16(18,3)4/h6-8,14,17H,9-11H2,1-5H3. The van der Waals surface area contributed by atoms with Gasteiger partial charge in [-0.15, -0.1) is 0 Å². The van der Waals surface area contributed by atoms with Crippen molar-refractivity contribution in [3.05, 3.63) is 29.3 Å². The Hall–Kier alpha value is -1.02. The van der Waals surface area contributed by atoms with Crippen LogP contribution in [0.3, 0.4) is 0 Å². The molecule has 0 bridgehead atoms. The van der Waals surface area contributed by atoms with E-state index in [0.717, 1.165) is 19.0 Å². The number of hydrogen-bond acceptors (Lipinski definition) is 2. The number of aryl methyl sites for hydroxylation is 2. The largest absolute Gasteiger partial charge is 0.366 e. The van der Waals surface area contributed by atoms with Crippen molar-refractivity contribution in [3.8, 4) is 0 Å². The van der Waals surface area contributed by atoms with Crippen molar-refractivity contribution < 1.29 is 0 Å². The molecule has 0 amide bonds. The molecule has 1 atom stereocenters. The first-order valence-electron chi connectivity index (χ1n) is 6.93. The fourth-order valence-corrected chi connectivity index (χ4v) is 3.16. The SMILES string of the molecule is CNCC1CN(c2ccc(C)c(C)c2)C(C)(C)C1. The summed E-state index contributed by atoms with van der Waals surface area (Å²) in [6.45, 7) is 11.4. The van der Waals surface area contributed by atoms with Crippen LogP contribution in [0.2, 0.25) is 0 Å². The van der Waals surface area contributed by atoms with Gasteiger partial charge < -0.3 is 10.2 Å².